The fraction of sp³-hybridized carbons (Fsp3) is 0.444. The maximum atomic E-state index is 12.4. The van der Waals surface area contributed by atoms with Crippen LogP contribution in [0.1, 0.15) is 19.8 Å². The predicted octanol–water partition coefficient (Wildman–Crippen LogP) is 3.14. The monoisotopic (exact) mass is 407 g/mol. The molecule has 134 valence electrons. The Balaban J connectivity index is 1.52. The summed E-state index contributed by atoms with van der Waals surface area (Å²) in [5.41, 5.74) is 1.04. The van der Waals surface area contributed by atoms with Crippen molar-refractivity contribution in [2.24, 2.45) is 0 Å². The van der Waals surface area contributed by atoms with Gasteiger partial charge in [-0.15, -0.1) is 0 Å². The summed E-state index contributed by atoms with van der Waals surface area (Å²) < 4.78 is 7.98. The number of rotatable bonds is 4. The van der Waals surface area contributed by atoms with Crippen LogP contribution in [0, 0.1) is 0 Å². The molecule has 1 N–H and O–H groups in total. The fourth-order valence-electron chi connectivity index (χ4n) is 3.16. The third-order valence-electron chi connectivity index (χ3n) is 4.43. The van der Waals surface area contributed by atoms with Crippen molar-refractivity contribution in [2.75, 3.05) is 19.7 Å². The van der Waals surface area contributed by atoms with Crippen LogP contribution >= 0.6 is 15.9 Å². The lowest BCUT2D eigenvalue weighted by Crippen LogP contribution is -2.47. The van der Waals surface area contributed by atoms with Gasteiger partial charge in [-0.3, -0.25) is 4.79 Å². The van der Waals surface area contributed by atoms with Gasteiger partial charge in [0.15, 0.2) is 0 Å². The Hall–Kier alpha value is -2.02. The van der Waals surface area contributed by atoms with E-state index in [1.165, 1.54) is 0 Å². The number of nitrogens with zero attached hydrogens (tertiary/aromatic N) is 2. The number of benzene rings is 1. The number of carbonyl (C=O) groups is 2. The summed E-state index contributed by atoms with van der Waals surface area (Å²) in [6.45, 7) is 3.71. The molecule has 7 heteroatoms. The highest BCUT2D eigenvalue weighted by Gasteiger charge is 2.24. The van der Waals surface area contributed by atoms with Gasteiger partial charge in [-0.05, 0) is 44.0 Å². The first-order chi connectivity index (χ1) is 12.1. The highest BCUT2D eigenvalue weighted by Crippen LogP contribution is 2.21. The van der Waals surface area contributed by atoms with Gasteiger partial charge in [0, 0.05) is 40.7 Å². The number of aromatic nitrogens is 1. The van der Waals surface area contributed by atoms with E-state index in [2.05, 4.69) is 21.2 Å². The van der Waals surface area contributed by atoms with Crippen LogP contribution in [0.4, 0.5) is 4.79 Å². The summed E-state index contributed by atoms with van der Waals surface area (Å²) in [7, 11) is 0. The van der Waals surface area contributed by atoms with Gasteiger partial charge in [-0.25, -0.2) is 4.79 Å². The molecule has 0 radical (unpaired) electrons. The summed E-state index contributed by atoms with van der Waals surface area (Å²) in [5, 5.41) is 4.18. The Morgan fingerprint density at radius 1 is 1.28 bits per heavy atom. The highest BCUT2D eigenvalue weighted by atomic mass is 79.9. The maximum Gasteiger partial charge on any atom is 0.409 e. The van der Waals surface area contributed by atoms with Gasteiger partial charge in [-0.2, -0.15) is 0 Å². The molecule has 3 rings (SSSR count). The number of hydrogen-bond acceptors (Lipinski definition) is 3. The Bertz CT molecular complexity index is 766. The summed E-state index contributed by atoms with van der Waals surface area (Å²) >= 11 is 3.46. The average Bonchev–Trinajstić information content (AvgIpc) is 2.97. The SMILES string of the molecule is CCOC(=O)N1CCC(NC(=O)Cn2ccc3cc(Br)ccc32)CC1. The van der Waals surface area contributed by atoms with Gasteiger partial charge in [0.05, 0.1) is 6.61 Å². The van der Waals surface area contributed by atoms with Gasteiger partial charge in [-0.1, -0.05) is 15.9 Å². The first kappa shape index (κ1) is 17.8. The number of carbonyl (C=O) groups excluding carboxylic acids is 2. The van der Waals surface area contributed by atoms with Crippen molar-refractivity contribution in [1.82, 2.24) is 14.8 Å². The van der Waals surface area contributed by atoms with Crippen LogP contribution in [-0.4, -0.2) is 47.2 Å². The van der Waals surface area contributed by atoms with Crippen molar-refractivity contribution in [3.63, 3.8) is 0 Å². The summed E-state index contributed by atoms with van der Waals surface area (Å²) in [6, 6.07) is 8.13. The lowest BCUT2D eigenvalue weighted by atomic mass is 10.1. The number of halogens is 1. The molecule has 0 unspecified atom stereocenters. The van der Waals surface area contributed by atoms with Crippen LogP contribution in [0.3, 0.4) is 0 Å². The molecule has 0 atom stereocenters. The number of likely N-dealkylation sites (tertiary alicyclic amines) is 1. The quantitative estimate of drug-likeness (QED) is 0.846. The number of ether oxygens (including phenoxy) is 1. The topological polar surface area (TPSA) is 63.6 Å². The molecule has 0 spiro atoms. The second-order valence-electron chi connectivity index (χ2n) is 6.17. The van der Waals surface area contributed by atoms with Crippen LogP contribution in [0.5, 0.6) is 0 Å². The van der Waals surface area contributed by atoms with Crippen LogP contribution in [0.25, 0.3) is 10.9 Å². The molecule has 2 amide bonds. The van der Waals surface area contributed by atoms with Crippen molar-refractivity contribution >= 4 is 38.8 Å². The molecule has 1 saturated heterocycles. The Morgan fingerprint density at radius 3 is 2.76 bits per heavy atom. The Morgan fingerprint density at radius 2 is 2.04 bits per heavy atom. The van der Waals surface area contributed by atoms with Crippen molar-refractivity contribution in [3.05, 3.63) is 34.9 Å². The maximum absolute atomic E-state index is 12.4. The first-order valence-electron chi connectivity index (χ1n) is 8.52. The number of fused-ring (bicyclic) bond motifs is 1. The van der Waals surface area contributed by atoms with Gasteiger partial charge in [0.25, 0.3) is 0 Å². The zero-order valence-corrected chi connectivity index (χ0v) is 15.8. The van der Waals surface area contributed by atoms with E-state index in [9.17, 15) is 9.59 Å². The molecule has 2 aromatic rings. The van der Waals surface area contributed by atoms with E-state index < -0.39 is 0 Å². The average molecular weight is 408 g/mol. The molecule has 25 heavy (non-hydrogen) atoms. The van der Waals surface area contributed by atoms with E-state index in [4.69, 9.17) is 4.74 Å². The molecule has 0 bridgehead atoms. The lowest BCUT2D eigenvalue weighted by molar-refractivity contribution is -0.122. The molecule has 0 saturated carbocycles. The van der Waals surface area contributed by atoms with Crippen molar-refractivity contribution in [3.8, 4) is 0 Å². The standard InChI is InChI=1S/C18H22BrN3O3/c1-2-25-18(24)21-9-6-15(7-10-21)20-17(23)12-22-8-5-13-11-14(19)3-4-16(13)22/h3-5,8,11,15H,2,6-7,9-10,12H2,1H3,(H,20,23). The zero-order chi connectivity index (χ0) is 17.8. The fourth-order valence-corrected chi connectivity index (χ4v) is 3.54. The first-order valence-corrected chi connectivity index (χ1v) is 9.31. The largest absolute Gasteiger partial charge is 0.450 e. The lowest BCUT2D eigenvalue weighted by Gasteiger charge is -2.31. The minimum absolute atomic E-state index is 0.00463. The van der Waals surface area contributed by atoms with Crippen molar-refractivity contribution in [1.29, 1.82) is 0 Å². The molecule has 1 aromatic carbocycles. The molecule has 1 aliphatic rings. The minimum Gasteiger partial charge on any atom is -0.450 e. The molecule has 6 nitrogen and oxygen atoms in total. The van der Waals surface area contributed by atoms with Gasteiger partial charge < -0.3 is 19.5 Å². The number of nitrogens with one attached hydrogen (secondary N) is 1. The van der Waals surface area contributed by atoms with Gasteiger partial charge in [0.2, 0.25) is 5.91 Å². The van der Waals surface area contributed by atoms with Crippen molar-refractivity contribution < 1.29 is 14.3 Å². The zero-order valence-electron chi connectivity index (χ0n) is 14.2. The third kappa shape index (κ3) is 4.34. The molecule has 1 aromatic heterocycles. The van der Waals surface area contributed by atoms with E-state index >= 15 is 0 Å². The molecule has 0 aliphatic carbocycles. The summed E-state index contributed by atoms with van der Waals surface area (Å²) in [4.78, 5) is 25.8. The van der Waals surface area contributed by atoms with E-state index in [0.717, 1.165) is 28.2 Å². The van der Waals surface area contributed by atoms with Crippen LogP contribution < -0.4 is 5.32 Å². The van der Waals surface area contributed by atoms with Crippen molar-refractivity contribution in [2.45, 2.75) is 32.4 Å². The molecule has 1 aliphatic heterocycles. The van der Waals surface area contributed by atoms with Crippen LogP contribution in [-0.2, 0) is 16.1 Å². The Kier molecular flexibility index (Phi) is 5.63. The summed E-state index contributed by atoms with van der Waals surface area (Å²) in [5.74, 6) is -0.00463. The number of piperidine rings is 1. The number of amides is 2. The second-order valence-corrected chi connectivity index (χ2v) is 7.09. The van der Waals surface area contributed by atoms with E-state index in [-0.39, 0.29) is 18.0 Å². The predicted molar refractivity (Wildman–Crippen MR) is 99.4 cm³/mol. The molecular weight excluding hydrogens is 386 g/mol. The highest BCUT2D eigenvalue weighted by molar-refractivity contribution is 9.10. The molecule has 1 fully saturated rings. The van der Waals surface area contributed by atoms with E-state index in [0.29, 0.717) is 26.2 Å². The van der Waals surface area contributed by atoms with Gasteiger partial charge >= 0.3 is 6.09 Å². The number of hydrogen-bond donors (Lipinski definition) is 1. The van der Waals surface area contributed by atoms with Crippen LogP contribution in [0.2, 0.25) is 0 Å². The normalized spacial score (nSPS) is 15.4. The van der Waals surface area contributed by atoms with E-state index in [1.807, 2.05) is 35.0 Å². The second kappa shape index (κ2) is 7.91. The minimum atomic E-state index is -0.266. The van der Waals surface area contributed by atoms with E-state index in [1.54, 1.807) is 11.8 Å². The molecule has 2 heterocycles. The van der Waals surface area contributed by atoms with Gasteiger partial charge in [0.1, 0.15) is 6.54 Å². The third-order valence-corrected chi connectivity index (χ3v) is 4.93. The Labute approximate surface area is 155 Å². The smallest absolute Gasteiger partial charge is 0.409 e. The molecular formula is C18H22BrN3O3. The summed E-state index contributed by atoms with van der Waals surface area (Å²) in [6.07, 6.45) is 3.17. The van der Waals surface area contributed by atoms with Crippen LogP contribution in [0.15, 0.2) is 34.9 Å².